The van der Waals surface area contributed by atoms with Gasteiger partial charge in [-0.1, -0.05) is 30.3 Å². The molecule has 7 nitrogen and oxygen atoms in total. The van der Waals surface area contributed by atoms with E-state index >= 15 is 0 Å². The Labute approximate surface area is 145 Å². The van der Waals surface area contributed by atoms with Crippen molar-refractivity contribution in [2.45, 2.75) is 18.9 Å². The molecule has 1 aliphatic heterocycles. The molecule has 2 aromatic rings. The minimum Gasteiger partial charge on any atom is -0.346 e. The second-order valence-electron chi connectivity index (χ2n) is 6.13. The van der Waals surface area contributed by atoms with Crippen LogP contribution < -0.4 is 10.9 Å². The number of carbonyl (C=O) groups excluding carboxylic acids is 2. The second-order valence-corrected chi connectivity index (χ2v) is 6.13. The number of hydrogen-bond donors (Lipinski definition) is 1. The summed E-state index contributed by atoms with van der Waals surface area (Å²) < 4.78 is 1.11. The highest BCUT2D eigenvalue weighted by Gasteiger charge is 2.30. The molecule has 1 aliphatic rings. The molecule has 1 aromatic carbocycles. The summed E-state index contributed by atoms with van der Waals surface area (Å²) in [5, 5.41) is 6.74. The van der Waals surface area contributed by atoms with Crippen molar-refractivity contribution in [1.29, 1.82) is 0 Å². The molecule has 1 aromatic heterocycles. The summed E-state index contributed by atoms with van der Waals surface area (Å²) in [6, 6.07) is 12.4. The van der Waals surface area contributed by atoms with Gasteiger partial charge in [-0.15, -0.1) is 0 Å². The molecule has 0 saturated carbocycles. The lowest BCUT2D eigenvalue weighted by atomic mass is 10.1. The molecule has 0 radical (unpaired) electrons. The molecule has 0 bridgehead atoms. The fourth-order valence-corrected chi connectivity index (χ4v) is 2.88. The topological polar surface area (TPSA) is 84.3 Å². The average Bonchev–Trinajstić information content (AvgIpc) is 2.95. The van der Waals surface area contributed by atoms with Gasteiger partial charge in [-0.25, -0.2) is 4.68 Å². The fraction of sp³-hybridized carbons (Fsp3) is 0.333. The van der Waals surface area contributed by atoms with Gasteiger partial charge in [0.05, 0.1) is 6.04 Å². The Balaban J connectivity index is 1.56. The lowest BCUT2D eigenvalue weighted by Crippen LogP contribution is -2.38. The van der Waals surface area contributed by atoms with Crippen LogP contribution in [0.25, 0.3) is 0 Å². The maximum absolute atomic E-state index is 12.2. The predicted molar refractivity (Wildman–Crippen MR) is 92.1 cm³/mol. The summed E-state index contributed by atoms with van der Waals surface area (Å²) in [4.78, 5) is 37.5. The summed E-state index contributed by atoms with van der Waals surface area (Å²) in [6.07, 6.45) is 1.07. The number of rotatable bonds is 5. The predicted octanol–water partition coefficient (Wildman–Crippen LogP) is 0.354. The minimum absolute atomic E-state index is 0.0367. The summed E-state index contributed by atoms with van der Waals surface area (Å²) >= 11 is 0. The van der Waals surface area contributed by atoms with Crippen LogP contribution >= 0.6 is 0 Å². The van der Waals surface area contributed by atoms with E-state index in [0.717, 1.165) is 11.1 Å². The van der Waals surface area contributed by atoms with Gasteiger partial charge in [0.15, 0.2) is 0 Å². The number of hydrogen-bond acceptors (Lipinski definition) is 4. The lowest BCUT2D eigenvalue weighted by molar-refractivity contribution is -0.127. The van der Waals surface area contributed by atoms with E-state index in [-0.39, 0.29) is 35.5 Å². The first-order valence-corrected chi connectivity index (χ1v) is 8.20. The number of likely N-dealkylation sites (tertiary alicyclic amines) is 1. The summed E-state index contributed by atoms with van der Waals surface area (Å²) in [5.74, 6) is -0.340. The smallest absolute Gasteiger partial charge is 0.272 e. The molecule has 3 rings (SSSR count). The number of aryl methyl sites for hydroxylation is 1. The van der Waals surface area contributed by atoms with Gasteiger partial charge in [-0.3, -0.25) is 14.4 Å². The summed E-state index contributed by atoms with van der Waals surface area (Å²) in [5.41, 5.74) is 1.06. The largest absolute Gasteiger partial charge is 0.346 e. The van der Waals surface area contributed by atoms with Gasteiger partial charge in [0.25, 0.3) is 11.5 Å². The summed E-state index contributed by atoms with van der Waals surface area (Å²) in [7, 11) is 1.49. The Hall–Kier alpha value is -2.96. The normalized spacial score (nSPS) is 16.9. The molecule has 25 heavy (non-hydrogen) atoms. The van der Waals surface area contributed by atoms with Gasteiger partial charge in [0, 0.05) is 32.6 Å². The number of nitrogens with one attached hydrogen (secondary N) is 1. The van der Waals surface area contributed by atoms with Crippen molar-refractivity contribution < 1.29 is 9.59 Å². The number of nitrogens with zero attached hydrogens (tertiary/aromatic N) is 3. The van der Waals surface area contributed by atoms with Crippen molar-refractivity contribution in [2.24, 2.45) is 7.05 Å². The molecule has 0 spiro atoms. The van der Waals surface area contributed by atoms with Crippen molar-refractivity contribution in [2.75, 3.05) is 13.1 Å². The molecule has 1 saturated heterocycles. The molecule has 1 atom stereocenters. The first-order valence-electron chi connectivity index (χ1n) is 8.20. The van der Waals surface area contributed by atoms with Crippen molar-refractivity contribution in [3.05, 3.63) is 64.1 Å². The van der Waals surface area contributed by atoms with E-state index in [9.17, 15) is 14.4 Å². The van der Waals surface area contributed by atoms with Crippen molar-refractivity contribution in [3.8, 4) is 0 Å². The van der Waals surface area contributed by atoms with Crippen LogP contribution in [0.3, 0.4) is 0 Å². The molecule has 7 heteroatoms. The maximum atomic E-state index is 12.2. The molecule has 130 valence electrons. The van der Waals surface area contributed by atoms with Crippen LogP contribution in [-0.4, -0.2) is 45.6 Å². The van der Waals surface area contributed by atoms with E-state index in [1.54, 1.807) is 4.90 Å². The number of aromatic nitrogens is 2. The van der Waals surface area contributed by atoms with Crippen LogP contribution in [0.1, 0.15) is 22.5 Å². The Morgan fingerprint density at radius 1 is 1.20 bits per heavy atom. The number of amides is 2. The van der Waals surface area contributed by atoms with Gasteiger partial charge >= 0.3 is 0 Å². The fourth-order valence-electron chi connectivity index (χ4n) is 2.88. The van der Waals surface area contributed by atoms with E-state index in [1.165, 1.54) is 24.7 Å². The third-order valence-electron chi connectivity index (χ3n) is 4.26. The Bertz CT molecular complexity index is 832. The molecular formula is C18H20N4O3. The molecule has 1 unspecified atom stereocenters. The van der Waals surface area contributed by atoms with Gasteiger partial charge in [-0.2, -0.15) is 5.10 Å². The molecule has 1 N–H and O–H groups in total. The zero-order valence-corrected chi connectivity index (χ0v) is 14.0. The van der Waals surface area contributed by atoms with Crippen LogP contribution in [0.2, 0.25) is 0 Å². The molecule has 2 heterocycles. The third-order valence-corrected chi connectivity index (χ3v) is 4.26. The molecule has 2 amide bonds. The second kappa shape index (κ2) is 7.29. The first-order chi connectivity index (χ1) is 12.0. The average molecular weight is 340 g/mol. The van der Waals surface area contributed by atoms with E-state index in [2.05, 4.69) is 10.4 Å². The first kappa shape index (κ1) is 16.9. The highest BCUT2D eigenvalue weighted by Crippen LogP contribution is 2.13. The van der Waals surface area contributed by atoms with E-state index in [1.807, 2.05) is 30.3 Å². The Morgan fingerprint density at radius 3 is 2.68 bits per heavy atom. The van der Waals surface area contributed by atoms with Crippen LogP contribution in [0.4, 0.5) is 0 Å². The standard InChI is InChI=1S/C18H20N4O3/c1-21-16(23)8-7-15(20-21)18(25)19-14-11-17(24)22(12-14)10-9-13-5-3-2-4-6-13/h2-8,14H,9-12H2,1H3,(H,19,25). The van der Waals surface area contributed by atoms with Crippen molar-refractivity contribution in [1.82, 2.24) is 20.0 Å². The van der Waals surface area contributed by atoms with E-state index in [0.29, 0.717) is 13.1 Å². The van der Waals surface area contributed by atoms with E-state index < -0.39 is 0 Å². The van der Waals surface area contributed by atoms with Gasteiger partial charge < -0.3 is 10.2 Å². The lowest BCUT2D eigenvalue weighted by Gasteiger charge is -2.17. The number of benzene rings is 1. The van der Waals surface area contributed by atoms with Crippen molar-refractivity contribution >= 4 is 11.8 Å². The molecule has 0 aliphatic carbocycles. The van der Waals surface area contributed by atoms with Crippen LogP contribution in [-0.2, 0) is 18.3 Å². The van der Waals surface area contributed by atoms with Gasteiger partial charge in [0.2, 0.25) is 5.91 Å². The van der Waals surface area contributed by atoms with Crippen LogP contribution in [0.15, 0.2) is 47.3 Å². The SMILES string of the molecule is Cn1nc(C(=O)NC2CC(=O)N(CCc3ccccc3)C2)ccc1=O. The van der Waals surface area contributed by atoms with Crippen molar-refractivity contribution in [3.63, 3.8) is 0 Å². The number of carbonyl (C=O) groups is 2. The Kier molecular flexibility index (Phi) is 4.92. The van der Waals surface area contributed by atoms with Gasteiger partial charge in [0.1, 0.15) is 5.69 Å². The minimum atomic E-state index is -0.377. The summed E-state index contributed by atoms with van der Waals surface area (Å²) in [6.45, 7) is 1.12. The van der Waals surface area contributed by atoms with Crippen LogP contribution in [0, 0.1) is 0 Å². The maximum Gasteiger partial charge on any atom is 0.272 e. The van der Waals surface area contributed by atoms with Crippen LogP contribution in [0.5, 0.6) is 0 Å². The zero-order chi connectivity index (χ0) is 17.8. The Morgan fingerprint density at radius 2 is 1.96 bits per heavy atom. The quantitative estimate of drug-likeness (QED) is 0.851. The van der Waals surface area contributed by atoms with E-state index in [4.69, 9.17) is 0 Å². The third kappa shape index (κ3) is 4.12. The zero-order valence-electron chi connectivity index (χ0n) is 14.0. The highest BCUT2D eigenvalue weighted by atomic mass is 16.2. The van der Waals surface area contributed by atoms with Gasteiger partial charge in [-0.05, 0) is 18.1 Å². The monoisotopic (exact) mass is 340 g/mol. The molecular weight excluding hydrogens is 320 g/mol. The molecule has 1 fully saturated rings. The highest BCUT2D eigenvalue weighted by molar-refractivity contribution is 5.93.